The average Bonchev–Trinajstić information content (AvgIpc) is 3.71. The van der Waals surface area contributed by atoms with Crippen LogP contribution in [0.15, 0.2) is 42.5 Å². The normalized spacial score (nSPS) is 18.3. The van der Waals surface area contributed by atoms with Gasteiger partial charge in [0, 0.05) is 35.8 Å². The molecule has 1 saturated heterocycles. The van der Waals surface area contributed by atoms with E-state index in [0.29, 0.717) is 0 Å². The van der Waals surface area contributed by atoms with Crippen LogP contribution in [0.25, 0.3) is 10.1 Å². The molecule has 3 aromatic rings. The molecule has 4 nitrogen and oxygen atoms in total. The molecule has 0 atom stereocenters. The number of thiophene rings is 1. The Morgan fingerprint density at radius 3 is 2.19 bits per heavy atom. The summed E-state index contributed by atoms with van der Waals surface area (Å²) in [6.45, 7) is 4.37. The van der Waals surface area contributed by atoms with E-state index in [4.69, 9.17) is 9.47 Å². The number of carbonyl (C=O) groups is 1. The van der Waals surface area contributed by atoms with E-state index in [-0.39, 0.29) is 22.9 Å². The van der Waals surface area contributed by atoms with Crippen molar-refractivity contribution >= 4 is 27.2 Å². The molecule has 3 aliphatic rings. The van der Waals surface area contributed by atoms with Crippen LogP contribution in [0.5, 0.6) is 5.75 Å². The van der Waals surface area contributed by atoms with Gasteiger partial charge in [0.2, 0.25) is 5.78 Å². The van der Waals surface area contributed by atoms with E-state index >= 15 is 0 Å². The van der Waals surface area contributed by atoms with E-state index in [1.54, 1.807) is 7.11 Å². The summed E-state index contributed by atoms with van der Waals surface area (Å²) >= 11 is 1.54. The fourth-order valence-corrected chi connectivity index (χ4v) is 5.64. The van der Waals surface area contributed by atoms with Crippen LogP contribution in [0.4, 0.5) is 0 Å². The van der Waals surface area contributed by atoms with Crippen LogP contribution >= 0.6 is 11.3 Å². The fraction of sp³-hybridized carbons (Fsp3) is 0.194. The third kappa shape index (κ3) is 7.04. The van der Waals surface area contributed by atoms with Crippen molar-refractivity contribution in [3.05, 3.63) is 128 Å². The monoisotopic (exact) mass is 551 g/mol. The largest absolute Gasteiger partial charge is 2.00 e. The van der Waals surface area contributed by atoms with Crippen LogP contribution < -0.4 is 4.74 Å². The predicted molar refractivity (Wildman–Crippen MR) is 145 cm³/mol. The molecule has 37 heavy (non-hydrogen) atoms. The number of carbonyl (C=O) groups excluding carboxylic acids is 1. The van der Waals surface area contributed by atoms with E-state index in [1.807, 2.05) is 69.2 Å². The van der Waals surface area contributed by atoms with Crippen LogP contribution in [0.3, 0.4) is 0 Å². The number of hydrogen-bond donors (Lipinski definition) is 0. The number of rotatable bonds is 6. The summed E-state index contributed by atoms with van der Waals surface area (Å²) in [5, 5.41) is 1.09. The first-order chi connectivity index (χ1) is 17.7. The second kappa shape index (κ2) is 13.9. The zero-order valence-corrected chi connectivity index (χ0v) is 22.6. The zero-order chi connectivity index (χ0) is 24.7. The third-order valence-corrected chi connectivity index (χ3v) is 7.49. The number of ether oxygens (including phenoxy) is 2. The third-order valence-electron chi connectivity index (χ3n) is 6.34. The molecule has 10 radical (unpaired) electrons. The van der Waals surface area contributed by atoms with Gasteiger partial charge < -0.3 is 9.47 Å². The maximum Gasteiger partial charge on any atom is 2.00 e. The maximum atomic E-state index is 13.5. The van der Waals surface area contributed by atoms with E-state index in [2.05, 4.69) is 35.9 Å². The van der Waals surface area contributed by atoms with Crippen molar-refractivity contribution in [2.75, 3.05) is 33.4 Å². The molecule has 0 amide bonds. The number of morpholine rings is 1. The maximum absolute atomic E-state index is 13.5. The minimum atomic E-state index is 0. The van der Waals surface area contributed by atoms with Crippen LogP contribution in [0.1, 0.15) is 26.4 Å². The number of ketones is 1. The van der Waals surface area contributed by atoms with Gasteiger partial charge >= 0.3 is 17.1 Å². The Balaban J connectivity index is 0.000000479. The van der Waals surface area contributed by atoms with Crippen molar-refractivity contribution < 1.29 is 31.3 Å². The molecule has 2 saturated carbocycles. The van der Waals surface area contributed by atoms with Gasteiger partial charge in [-0.3, -0.25) is 9.69 Å². The standard InChI is InChI=1S/C26H24NO3S.C5H5.Fe/c1-29-21-10-11-22-23(16-21)31-26(24(22)19-4-2-3-5-19)25(28)20-8-6-18(7-9-20)17-27-12-14-30-15-13-27;1-2-4-5-3-1;/h2-11,16H,12-15,17H2,1H3;1-5H;/q;;+2. The molecule has 2 aliphatic carbocycles. The number of fused-ring (bicyclic) bond motifs is 1. The summed E-state index contributed by atoms with van der Waals surface area (Å²) in [6.07, 6.45) is 18.1. The molecule has 0 N–H and O–H groups in total. The Kier molecular flexibility index (Phi) is 10.6. The van der Waals surface area contributed by atoms with Crippen LogP contribution in [-0.2, 0) is 28.4 Å². The van der Waals surface area contributed by atoms with E-state index < -0.39 is 0 Å². The minimum absolute atomic E-state index is 0. The Morgan fingerprint density at radius 1 is 0.919 bits per heavy atom. The van der Waals surface area contributed by atoms with Gasteiger partial charge in [0.1, 0.15) is 5.75 Å². The van der Waals surface area contributed by atoms with E-state index in [9.17, 15) is 4.79 Å². The molecule has 0 spiro atoms. The predicted octanol–water partition coefficient (Wildman–Crippen LogP) is 5.75. The molecule has 2 aromatic carbocycles. The minimum Gasteiger partial charge on any atom is -0.497 e. The Morgan fingerprint density at radius 2 is 1.57 bits per heavy atom. The van der Waals surface area contributed by atoms with Crippen molar-refractivity contribution in [1.29, 1.82) is 0 Å². The molecule has 2 heterocycles. The Labute approximate surface area is 236 Å². The summed E-state index contributed by atoms with van der Waals surface area (Å²) < 4.78 is 11.9. The van der Waals surface area contributed by atoms with Crippen molar-refractivity contribution in [2.24, 2.45) is 0 Å². The average molecular weight is 551 g/mol. The summed E-state index contributed by atoms with van der Waals surface area (Å²) in [6, 6.07) is 14.1. The van der Waals surface area contributed by atoms with Crippen molar-refractivity contribution in [3.63, 3.8) is 0 Å². The van der Waals surface area contributed by atoms with Gasteiger partial charge in [0.25, 0.3) is 0 Å². The summed E-state index contributed by atoms with van der Waals surface area (Å²) in [5.74, 6) is 1.94. The van der Waals surface area contributed by atoms with Gasteiger partial charge in [-0.1, -0.05) is 24.3 Å². The summed E-state index contributed by atoms with van der Waals surface area (Å²) in [5.41, 5.74) is 2.95. The van der Waals surface area contributed by atoms with Gasteiger partial charge in [0.15, 0.2) is 0 Å². The number of methoxy groups -OCH3 is 1. The summed E-state index contributed by atoms with van der Waals surface area (Å²) in [7, 11) is 1.66. The van der Waals surface area contributed by atoms with Gasteiger partial charge in [0.05, 0.1) is 25.2 Å². The first kappa shape index (κ1) is 28.3. The number of benzene rings is 2. The van der Waals surface area contributed by atoms with Gasteiger partial charge in [-0.05, 0) is 92.5 Å². The smallest absolute Gasteiger partial charge is 0.497 e. The molecule has 6 rings (SSSR count). The molecular weight excluding hydrogens is 522 g/mol. The van der Waals surface area contributed by atoms with E-state index in [1.165, 1.54) is 16.9 Å². The molecular formula is C31H29FeNO3S+2. The molecule has 1 aliphatic heterocycles. The molecule has 0 unspecified atom stereocenters. The second-order valence-electron chi connectivity index (χ2n) is 8.72. The van der Waals surface area contributed by atoms with Crippen molar-refractivity contribution in [1.82, 2.24) is 4.90 Å². The second-order valence-corrected chi connectivity index (χ2v) is 9.77. The van der Waals surface area contributed by atoms with E-state index in [0.717, 1.165) is 70.6 Å². The van der Waals surface area contributed by atoms with Crippen LogP contribution in [0, 0.1) is 63.7 Å². The zero-order valence-electron chi connectivity index (χ0n) is 20.7. The Bertz CT molecular complexity index is 1140. The van der Waals surface area contributed by atoms with Crippen molar-refractivity contribution in [3.8, 4) is 5.75 Å². The molecule has 3 fully saturated rings. The molecule has 6 heteroatoms. The number of hydrogen-bond acceptors (Lipinski definition) is 5. The Hall–Kier alpha value is -1.69. The van der Waals surface area contributed by atoms with Crippen LogP contribution in [0.2, 0.25) is 0 Å². The fourth-order valence-electron chi connectivity index (χ4n) is 4.42. The van der Waals surface area contributed by atoms with Crippen molar-refractivity contribution in [2.45, 2.75) is 6.54 Å². The number of nitrogens with zero attached hydrogens (tertiary/aromatic N) is 1. The molecule has 0 bridgehead atoms. The SMILES string of the molecule is COc1ccc2c([C]3[CH][CH][CH][CH]3)c(C(=O)c3ccc(CN4CCOCC4)cc3)sc2c1.[CH]1[CH][CH][CH][CH]1.[Fe+2]. The molecule has 188 valence electrons. The topological polar surface area (TPSA) is 38.8 Å². The van der Waals surface area contributed by atoms with Gasteiger partial charge in [-0.2, -0.15) is 0 Å². The van der Waals surface area contributed by atoms with Gasteiger partial charge in [-0.15, -0.1) is 11.3 Å². The summed E-state index contributed by atoms with van der Waals surface area (Å²) in [4.78, 5) is 16.7. The first-order valence-electron chi connectivity index (χ1n) is 12.2. The van der Waals surface area contributed by atoms with Gasteiger partial charge in [-0.25, -0.2) is 0 Å². The van der Waals surface area contributed by atoms with Crippen LogP contribution in [-0.4, -0.2) is 44.1 Å². The molecule has 1 aromatic heterocycles. The first-order valence-corrected chi connectivity index (χ1v) is 13.0. The quantitative estimate of drug-likeness (QED) is 0.289.